The number of hydrogen-bond acceptors (Lipinski definition) is 7. The van der Waals surface area contributed by atoms with Gasteiger partial charge in [-0.25, -0.2) is 4.79 Å². The first kappa shape index (κ1) is 23.9. The second kappa shape index (κ2) is 10.1. The summed E-state index contributed by atoms with van der Waals surface area (Å²) in [5.74, 6) is 2.68. The number of benzene rings is 3. The Morgan fingerprint density at radius 2 is 1.51 bits per heavy atom. The fraction of sp³-hybridized carbons (Fsp3) is 0.179. The average Bonchev–Trinajstić information content (AvgIpc) is 3.42. The first-order valence-corrected chi connectivity index (χ1v) is 11.6. The van der Waals surface area contributed by atoms with Crippen LogP contribution in [0.4, 0.5) is 10.5 Å². The third-order valence-corrected chi connectivity index (χ3v) is 6.21. The largest absolute Gasteiger partial charge is 0.497 e. The smallest absolute Gasteiger partial charge is 0.327 e. The van der Waals surface area contributed by atoms with E-state index in [2.05, 4.69) is 10.5 Å². The molecule has 37 heavy (non-hydrogen) atoms. The van der Waals surface area contributed by atoms with E-state index < -0.39 is 6.04 Å². The van der Waals surface area contributed by atoms with Gasteiger partial charge in [-0.05, 0) is 48.9 Å². The molecule has 0 saturated heterocycles. The van der Waals surface area contributed by atoms with Gasteiger partial charge in [-0.1, -0.05) is 35.5 Å². The van der Waals surface area contributed by atoms with E-state index in [0.717, 1.165) is 11.1 Å². The van der Waals surface area contributed by atoms with E-state index in [0.29, 0.717) is 40.0 Å². The van der Waals surface area contributed by atoms with Crippen LogP contribution in [0, 0.1) is 0 Å². The highest BCUT2D eigenvalue weighted by Crippen LogP contribution is 2.40. The third-order valence-electron chi connectivity index (χ3n) is 6.21. The molecule has 3 aromatic carbocycles. The quantitative estimate of drug-likeness (QED) is 0.361. The minimum absolute atomic E-state index is 0.288. The number of amides is 2. The Kier molecular flexibility index (Phi) is 6.51. The number of nitrogens with one attached hydrogen (secondary N) is 1. The molecule has 9 nitrogen and oxygen atoms in total. The molecule has 2 amide bonds. The van der Waals surface area contributed by atoms with Crippen molar-refractivity contribution < 1.29 is 23.5 Å². The van der Waals surface area contributed by atoms with Gasteiger partial charge in [0.1, 0.15) is 17.2 Å². The summed E-state index contributed by atoms with van der Waals surface area (Å²) in [5.41, 5.74) is 3.51. The lowest BCUT2D eigenvalue weighted by Crippen LogP contribution is -2.46. The van der Waals surface area contributed by atoms with E-state index in [9.17, 15) is 4.79 Å². The number of aromatic nitrogens is 2. The fourth-order valence-electron chi connectivity index (χ4n) is 4.36. The van der Waals surface area contributed by atoms with Crippen molar-refractivity contribution in [2.45, 2.75) is 13.0 Å². The van der Waals surface area contributed by atoms with Crippen LogP contribution in [-0.4, -0.2) is 37.5 Å². The number of rotatable bonds is 7. The van der Waals surface area contributed by atoms with Crippen LogP contribution in [0.25, 0.3) is 17.0 Å². The summed E-state index contributed by atoms with van der Waals surface area (Å²) in [7, 11) is 4.79. The maximum atomic E-state index is 13.4. The minimum atomic E-state index is -0.553. The molecule has 4 aromatic rings. The van der Waals surface area contributed by atoms with Gasteiger partial charge in [-0.15, -0.1) is 0 Å². The number of carbonyl (C=O) groups excluding carboxylic acids is 1. The maximum absolute atomic E-state index is 13.4. The van der Waals surface area contributed by atoms with Gasteiger partial charge in [-0.3, -0.25) is 4.90 Å². The monoisotopic (exact) mass is 498 g/mol. The zero-order valence-electron chi connectivity index (χ0n) is 20.9. The molecule has 2 heterocycles. The van der Waals surface area contributed by atoms with Crippen LogP contribution >= 0.6 is 0 Å². The highest BCUT2D eigenvalue weighted by atomic mass is 16.5. The van der Waals surface area contributed by atoms with Gasteiger partial charge in [0.05, 0.1) is 38.6 Å². The highest BCUT2D eigenvalue weighted by Gasteiger charge is 2.36. The Balaban J connectivity index is 1.66. The fourth-order valence-corrected chi connectivity index (χ4v) is 4.36. The van der Waals surface area contributed by atoms with E-state index in [1.807, 2.05) is 73.7 Å². The first-order chi connectivity index (χ1) is 18.0. The lowest BCUT2D eigenvalue weighted by molar-refractivity contribution is 0.244. The number of anilines is 1. The average molecular weight is 499 g/mol. The molecule has 1 unspecified atom stereocenters. The highest BCUT2D eigenvalue weighted by molar-refractivity contribution is 6.01. The van der Waals surface area contributed by atoms with Gasteiger partial charge in [0.15, 0.2) is 0 Å². The molecule has 9 heteroatoms. The van der Waals surface area contributed by atoms with Crippen molar-refractivity contribution in [2.75, 3.05) is 26.2 Å². The number of methoxy groups -OCH3 is 3. The van der Waals surface area contributed by atoms with Crippen LogP contribution in [0.2, 0.25) is 0 Å². The number of hydrogen-bond donors (Lipinski definition) is 1. The molecule has 1 atom stereocenters. The lowest BCUT2D eigenvalue weighted by Gasteiger charge is -2.35. The predicted octanol–water partition coefficient (Wildman–Crippen LogP) is 5.46. The SMILES string of the molecule is COc1cccc(-c2noc(C3=C(C)N(c4cccc(OC)c4)C(=O)NC3c3cccc(OC)c3)n2)c1. The summed E-state index contributed by atoms with van der Waals surface area (Å²) < 4.78 is 21.9. The van der Waals surface area contributed by atoms with Crippen molar-refractivity contribution in [1.82, 2.24) is 15.5 Å². The van der Waals surface area contributed by atoms with Crippen molar-refractivity contribution in [3.05, 3.63) is 89.9 Å². The normalized spacial score (nSPS) is 15.4. The number of carbonyl (C=O) groups is 1. The van der Waals surface area contributed by atoms with Crippen LogP contribution in [-0.2, 0) is 0 Å². The van der Waals surface area contributed by atoms with Crippen LogP contribution in [0.1, 0.15) is 24.4 Å². The number of allylic oxidation sites excluding steroid dienone is 1. The first-order valence-electron chi connectivity index (χ1n) is 11.6. The van der Waals surface area contributed by atoms with Gasteiger partial charge >= 0.3 is 6.03 Å². The molecule has 0 fully saturated rings. The summed E-state index contributed by atoms with van der Waals surface area (Å²) in [6.45, 7) is 1.86. The summed E-state index contributed by atoms with van der Waals surface area (Å²) in [6.07, 6.45) is 0. The Bertz CT molecular complexity index is 1480. The van der Waals surface area contributed by atoms with E-state index in [1.54, 1.807) is 32.3 Å². The van der Waals surface area contributed by atoms with Crippen molar-refractivity contribution in [2.24, 2.45) is 0 Å². The summed E-state index contributed by atoms with van der Waals surface area (Å²) in [4.78, 5) is 19.7. The topological polar surface area (TPSA) is 99.0 Å². The van der Waals surface area contributed by atoms with Crippen molar-refractivity contribution in [1.29, 1.82) is 0 Å². The molecule has 0 spiro atoms. The zero-order valence-corrected chi connectivity index (χ0v) is 20.9. The Morgan fingerprint density at radius 1 is 0.865 bits per heavy atom. The zero-order chi connectivity index (χ0) is 25.9. The van der Waals surface area contributed by atoms with Gasteiger partial charge in [-0.2, -0.15) is 4.98 Å². The molecule has 0 saturated carbocycles. The second-order valence-electron chi connectivity index (χ2n) is 8.35. The molecule has 1 aliphatic rings. The summed E-state index contributed by atoms with van der Waals surface area (Å²) >= 11 is 0. The van der Waals surface area contributed by atoms with Crippen LogP contribution in [0.5, 0.6) is 17.2 Å². The number of nitrogens with zero attached hydrogens (tertiary/aromatic N) is 3. The predicted molar refractivity (Wildman–Crippen MR) is 139 cm³/mol. The van der Waals surface area contributed by atoms with Crippen LogP contribution in [0.15, 0.2) is 83.0 Å². The maximum Gasteiger partial charge on any atom is 0.327 e. The van der Waals surface area contributed by atoms with E-state index >= 15 is 0 Å². The second-order valence-corrected chi connectivity index (χ2v) is 8.35. The Labute approximate surface area is 214 Å². The van der Waals surface area contributed by atoms with E-state index in [-0.39, 0.29) is 11.9 Å². The Morgan fingerprint density at radius 3 is 2.24 bits per heavy atom. The molecule has 5 rings (SSSR count). The van der Waals surface area contributed by atoms with Gasteiger partial charge in [0.25, 0.3) is 5.89 Å². The van der Waals surface area contributed by atoms with Crippen molar-refractivity contribution >= 4 is 17.3 Å². The van der Waals surface area contributed by atoms with Crippen LogP contribution in [0.3, 0.4) is 0 Å². The molecular formula is C28H26N4O5. The molecule has 188 valence electrons. The third kappa shape index (κ3) is 4.58. The molecule has 0 radical (unpaired) electrons. The molecule has 1 aliphatic heterocycles. The number of ether oxygens (including phenoxy) is 3. The molecular weight excluding hydrogens is 472 g/mol. The van der Waals surface area contributed by atoms with Gasteiger partial charge in [0.2, 0.25) is 5.82 Å². The Hall–Kier alpha value is -4.79. The van der Waals surface area contributed by atoms with E-state index in [4.69, 9.17) is 23.7 Å². The lowest BCUT2D eigenvalue weighted by atomic mass is 9.94. The van der Waals surface area contributed by atoms with Gasteiger partial charge in [0, 0.05) is 17.3 Å². The number of urea groups is 1. The molecule has 1 aromatic heterocycles. The summed E-state index contributed by atoms with van der Waals surface area (Å²) in [6, 6.07) is 21.4. The van der Waals surface area contributed by atoms with E-state index in [1.165, 1.54) is 0 Å². The van der Waals surface area contributed by atoms with Crippen LogP contribution < -0.4 is 24.4 Å². The van der Waals surface area contributed by atoms with Gasteiger partial charge < -0.3 is 24.1 Å². The molecule has 1 N–H and O–H groups in total. The van der Waals surface area contributed by atoms with Crippen molar-refractivity contribution in [3.8, 4) is 28.6 Å². The standard InChI is InChI=1S/C28H26N4O5/c1-17-24(27-30-26(31-37-27)19-9-6-12-22(15-19)35-3)25(18-8-5-11-21(14-18)34-2)29-28(33)32(17)20-10-7-13-23(16-20)36-4/h5-16,25H,1-4H3,(H,29,33). The molecule has 0 bridgehead atoms. The minimum Gasteiger partial charge on any atom is -0.497 e. The van der Waals surface area contributed by atoms with Crippen molar-refractivity contribution in [3.63, 3.8) is 0 Å². The summed E-state index contributed by atoms with van der Waals surface area (Å²) in [5, 5.41) is 7.33. The molecule has 0 aliphatic carbocycles.